The number of benzene rings is 1. The molecular weight excluding hydrogens is 240 g/mol. The number of hydrogen-bond donors (Lipinski definition) is 2. The first-order valence-corrected chi connectivity index (χ1v) is 4.59. The average Bonchev–Trinajstić information content (AvgIpc) is 2.15. The number of aliphatic hydroxyl groups is 1. The highest BCUT2D eigenvalue weighted by atomic mass is 35.5. The van der Waals surface area contributed by atoms with Crippen LogP contribution in [0, 0.1) is 11.6 Å². The minimum absolute atomic E-state index is 0. The first-order valence-electron chi connectivity index (χ1n) is 4.59. The van der Waals surface area contributed by atoms with Gasteiger partial charge < -0.3 is 28.0 Å². The van der Waals surface area contributed by atoms with Gasteiger partial charge in [-0.05, 0) is 19.1 Å². The third-order valence-corrected chi connectivity index (χ3v) is 1.96. The van der Waals surface area contributed by atoms with Gasteiger partial charge in [0.15, 0.2) is 11.6 Å². The third kappa shape index (κ3) is 4.30. The van der Waals surface area contributed by atoms with Gasteiger partial charge in [-0.25, -0.2) is 8.78 Å². The summed E-state index contributed by atoms with van der Waals surface area (Å²) in [5.74, 6) is -1.51. The second kappa shape index (κ2) is 6.62. The van der Waals surface area contributed by atoms with E-state index in [2.05, 4.69) is 5.73 Å². The second-order valence-electron chi connectivity index (χ2n) is 3.43. The maximum atomic E-state index is 13.0. The van der Waals surface area contributed by atoms with Crippen molar-refractivity contribution in [1.29, 1.82) is 0 Å². The molecule has 0 aromatic heterocycles. The van der Waals surface area contributed by atoms with Crippen LogP contribution in [0.4, 0.5) is 8.78 Å². The van der Waals surface area contributed by atoms with Crippen LogP contribution < -0.4 is 22.9 Å². The largest absolute Gasteiger partial charge is 1.00 e. The molecule has 0 radical (unpaired) electrons. The Kier molecular flexibility index (Phi) is 6.25. The first-order chi connectivity index (χ1) is 7.00. The molecule has 0 amide bonds. The number of ether oxygens (including phenoxy) is 1. The molecule has 0 spiro atoms. The van der Waals surface area contributed by atoms with Crippen molar-refractivity contribution in [2.24, 2.45) is 0 Å². The molecule has 6 heteroatoms. The van der Waals surface area contributed by atoms with Crippen LogP contribution in [0.5, 0.6) is 5.75 Å². The Morgan fingerprint density at radius 1 is 1.44 bits per heavy atom. The number of halogens is 3. The minimum Gasteiger partial charge on any atom is -1.00 e. The summed E-state index contributed by atoms with van der Waals surface area (Å²) in [6.07, 6.45) is -0.769. The van der Waals surface area contributed by atoms with E-state index in [9.17, 15) is 13.9 Å². The molecule has 2 atom stereocenters. The summed E-state index contributed by atoms with van der Waals surface area (Å²) < 4.78 is 30.5. The molecule has 92 valence electrons. The fourth-order valence-corrected chi connectivity index (χ4v) is 0.932. The lowest BCUT2D eigenvalue weighted by Crippen LogP contribution is -3.00. The first kappa shape index (κ1) is 15.1. The number of rotatable bonds is 4. The number of aliphatic hydroxyl groups excluding tert-OH is 1. The van der Waals surface area contributed by atoms with Crippen molar-refractivity contribution in [2.75, 3.05) is 6.61 Å². The molecule has 0 heterocycles. The molecular formula is C10H14ClF2NO2. The highest BCUT2D eigenvalue weighted by molar-refractivity contribution is 5.24. The minimum atomic E-state index is -0.779. The quantitative estimate of drug-likeness (QED) is 0.616. The molecule has 0 bridgehead atoms. The van der Waals surface area contributed by atoms with Gasteiger partial charge in [0.1, 0.15) is 24.6 Å². The molecule has 1 rings (SSSR count). The van der Waals surface area contributed by atoms with Crippen molar-refractivity contribution < 1.29 is 36.8 Å². The second-order valence-corrected chi connectivity index (χ2v) is 3.43. The van der Waals surface area contributed by atoms with Gasteiger partial charge in [0, 0.05) is 6.07 Å². The van der Waals surface area contributed by atoms with Crippen molar-refractivity contribution in [3.63, 3.8) is 0 Å². The van der Waals surface area contributed by atoms with E-state index in [1.54, 1.807) is 6.92 Å². The molecule has 0 fully saturated rings. The van der Waals surface area contributed by atoms with Gasteiger partial charge in [0.05, 0.1) is 0 Å². The standard InChI is InChI=1S/C10H13F2NO2.ClH/c1-6(13)9(14)5-15-10-3-2-7(11)4-8(10)12;/h2-4,6,9,14H,5,13H2,1H3;1H/t6-,9+;/m0./s1. The highest BCUT2D eigenvalue weighted by Gasteiger charge is 2.14. The summed E-state index contributed by atoms with van der Waals surface area (Å²) in [5.41, 5.74) is 3.60. The smallest absolute Gasteiger partial charge is 0.167 e. The normalized spacial score (nSPS) is 13.8. The highest BCUT2D eigenvalue weighted by Crippen LogP contribution is 2.17. The van der Waals surface area contributed by atoms with Gasteiger partial charge in [-0.15, -0.1) is 0 Å². The van der Waals surface area contributed by atoms with Crippen molar-refractivity contribution in [1.82, 2.24) is 0 Å². The Balaban J connectivity index is 0.00000225. The monoisotopic (exact) mass is 253 g/mol. The fraction of sp³-hybridized carbons (Fsp3) is 0.400. The van der Waals surface area contributed by atoms with Gasteiger partial charge in [-0.1, -0.05) is 0 Å². The van der Waals surface area contributed by atoms with E-state index in [0.717, 1.165) is 12.1 Å². The molecule has 0 saturated heterocycles. The third-order valence-electron chi connectivity index (χ3n) is 1.96. The lowest BCUT2D eigenvalue weighted by molar-refractivity contribution is -0.432. The number of quaternary nitrogens is 1. The van der Waals surface area contributed by atoms with E-state index in [-0.39, 0.29) is 30.8 Å². The molecule has 16 heavy (non-hydrogen) atoms. The molecule has 0 unspecified atom stereocenters. The lowest BCUT2D eigenvalue weighted by Gasteiger charge is -2.13. The number of hydrogen-bond acceptors (Lipinski definition) is 2. The summed E-state index contributed by atoms with van der Waals surface area (Å²) in [6, 6.07) is 2.80. The summed E-state index contributed by atoms with van der Waals surface area (Å²) >= 11 is 0. The zero-order valence-electron chi connectivity index (χ0n) is 8.79. The molecule has 1 aromatic carbocycles. The van der Waals surface area contributed by atoms with Crippen LogP contribution in [0.3, 0.4) is 0 Å². The molecule has 0 aliphatic rings. The predicted octanol–water partition coefficient (Wildman–Crippen LogP) is -2.66. The van der Waals surface area contributed by atoms with E-state index in [1.165, 1.54) is 6.07 Å². The van der Waals surface area contributed by atoms with Crippen molar-refractivity contribution >= 4 is 0 Å². The SMILES string of the molecule is C[C@H]([NH3+])[C@H](O)COc1ccc(F)cc1F.[Cl-]. The predicted molar refractivity (Wildman–Crippen MR) is 50.2 cm³/mol. The Labute approximate surface area is 98.6 Å². The molecule has 4 N–H and O–H groups in total. The molecule has 0 aliphatic carbocycles. The molecule has 3 nitrogen and oxygen atoms in total. The van der Waals surface area contributed by atoms with Crippen LogP contribution >= 0.6 is 0 Å². The van der Waals surface area contributed by atoms with Crippen molar-refractivity contribution in [3.8, 4) is 5.75 Å². The van der Waals surface area contributed by atoms with Crippen LogP contribution in [-0.2, 0) is 0 Å². The molecule has 0 saturated carbocycles. The van der Waals surface area contributed by atoms with Gasteiger partial charge in [0.2, 0.25) is 0 Å². The summed E-state index contributed by atoms with van der Waals surface area (Å²) in [6.45, 7) is 1.66. The van der Waals surface area contributed by atoms with E-state index in [0.29, 0.717) is 0 Å². The maximum absolute atomic E-state index is 13.0. The van der Waals surface area contributed by atoms with Crippen LogP contribution in [-0.4, -0.2) is 23.9 Å². The van der Waals surface area contributed by atoms with Crippen LogP contribution in [0.25, 0.3) is 0 Å². The van der Waals surface area contributed by atoms with E-state index < -0.39 is 17.7 Å². The molecule has 0 aliphatic heterocycles. The van der Waals surface area contributed by atoms with Gasteiger partial charge in [-0.2, -0.15) is 0 Å². The zero-order valence-corrected chi connectivity index (χ0v) is 9.55. The van der Waals surface area contributed by atoms with Crippen molar-refractivity contribution in [2.45, 2.75) is 19.1 Å². The Morgan fingerprint density at radius 2 is 2.06 bits per heavy atom. The van der Waals surface area contributed by atoms with Crippen LogP contribution in [0.1, 0.15) is 6.92 Å². The topological polar surface area (TPSA) is 57.1 Å². The van der Waals surface area contributed by atoms with Gasteiger partial charge in [-0.3, -0.25) is 0 Å². The summed E-state index contributed by atoms with van der Waals surface area (Å²) in [5, 5.41) is 9.35. The zero-order chi connectivity index (χ0) is 11.4. The average molecular weight is 254 g/mol. The Bertz CT molecular complexity index is 337. The van der Waals surface area contributed by atoms with Crippen molar-refractivity contribution in [3.05, 3.63) is 29.8 Å². The van der Waals surface area contributed by atoms with E-state index in [1.807, 2.05) is 0 Å². The molecule has 1 aromatic rings. The lowest BCUT2D eigenvalue weighted by atomic mass is 10.2. The summed E-state index contributed by atoms with van der Waals surface area (Å²) in [7, 11) is 0. The summed E-state index contributed by atoms with van der Waals surface area (Å²) in [4.78, 5) is 0. The van der Waals surface area contributed by atoms with Gasteiger partial charge >= 0.3 is 0 Å². The van der Waals surface area contributed by atoms with Crippen LogP contribution in [0.2, 0.25) is 0 Å². The van der Waals surface area contributed by atoms with E-state index in [4.69, 9.17) is 4.74 Å². The van der Waals surface area contributed by atoms with Crippen LogP contribution in [0.15, 0.2) is 18.2 Å². The fourth-order valence-electron chi connectivity index (χ4n) is 0.932. The van der Waals surface area contributed by atoms with E-state index >= 15 is 0 Å². The Morgan fingerprint density at radius 3 is 2.56 bits per heavy atom. The van der Waals surface area contributed by atoms with Gasteiger partial charge in [0.25, 0.3) is 0 Å². The Hall–Kier alpha value is -0.910. The maximum Gasteiger partial charge on any atom is 0.167 e.